The molecule has 1 saturated heterocycles. The van der Waals surface area contributed by atoms with Crippen LogP contribution in [0.25, 0.3) is 0 Å². The number of ether oxygens (including phenoxy) is 1. The largest absolute Gasteiger partial charge is 0.462 e. The Hall–Kier alpha value is -2.21. The molecular weight excluding hydrogens is 248 g/mol. The van der Waals surface area contributed by atoms with Crippen molar-refractivity contribution in [2.45, 2.75) is 19.4 Å². The summed E-state index contributed by atoms with van der Waals surface area (Å²) in [5.41, 5.74) is 6.31. The van der Waals surface area contributed by atoms with E-state index in [4.69, 9.17) is 10.5 Å². The minimum atomic E-state index is -0.780. The summed E-state index contributed by atoms with van der Waals surface area (Å²) in [6.07, 6.45) is 0.0124. The zero-order chi connectivity index (χ0) is 14.0. The fourth-order valence-corrected chi connectivity index (χ4v) is 1.89. The van der Waals surface area contributed by atoms with E-state index in [2.05, 4.69) is 0 Å². The quantitative estimate of drug-likeness (QED) is 0.631. The molecule has 6 nitrogen and oxygen atoms in total. The molecule has 0 saturated carbocycles. The van der Waals surface area contributed by atoms with Gasteiger partial charge in [0, 0.05) is 0 Å². The Balaban J connectivity index is 2.21. The van der Waals surface area contributed by atoms with Gasteiger partial charge >= 0.3 is 5.97 Å². The Morgan fingerprint density at radius 1 is 1.37 bits per heavy atom. The Morgan fingerprint density at radius 2 is 2.00 bits per heavy atom. The third kappa shape index (κ3) is 2.48. The van der Waals surface area contributed by atoms with E-state index in [1.165, 1.54) is 24.3 Å². The van der Waals surface area contributed by atoms with E-state index in [1.54, 1.807) is 6.92 Å². The molecule has 0 aliphatic carbocycles. The summed E-state index contributed by atoms with van der Waals surface area (Å²) >= 11 is 0. The molecule has 0 spiro atoms. The highest BCUT2D eigenvalue weighted by atomic mass is 16.5. The van der Waals surface area contributed by atoms with Crippen molar-refractivity contribution >= 4 is 23.5 Å². The van der Waals surface area contributed by atoms with Crippen molar-refractivity contribution in [3.8, 4) is 0 Å². The van der Waals surface area contributed by atoms with Gasteiger partial charge in [0.05, 0.1) is 30.3 Å². The van der Waals surface area contributed by atoms with Crippen LogP contribution in [0.15, 0.2) is 24.3 Å². The van der Waals surface area contributed by atoms with Gasteiger partial charge in [-0.1, -0.05) is 0 Å². The highest BCUT2D eigenvalue weighted by Gasteiger charge is 2.37. The monoisotopic (exact) mass is 262 g/mol. The number of carbonyl (C=O) groups excluding carboxylic acids is 3. The van der Waals surface area contributed by atoms with Gasteiger partial charge < -0.3 is 10.5 Å². The van der Waals surface area contributed by atoms with Crippen LogP contribution in [0.4, 0.5) is 5.69 Å². The maximum Gasteiger partial charge on any atom is 0.338 e. The number of nitrogens with two attached hydrogens (primary N) is 1. The van der Waals surface area contributed by atoms with Gasteiger partial charge in [-0.05, 0) is 31.2 Å². The molecule has 100 valence electrons. The second-order valence-electron chi connectivity index (χ2n) is 4.15. The minimum Gasteiger partial charge on any atom is -0.462 e. The molecule has 1 aromatic rings. The van der Waals surface area contributed by atoms with E-state index in [-0.39, 0.29) is 12.3 Å². The highest BCUT2D eigenvalue weighted by molar-refractivity contribution is 6.22. The number of esters is 1. The summed E-state index contributed by atoms with van der Waals surface area (Å²) in [4.78, 5) is 35.9. The summed E-state index contributed by atoms with van der Waals surface area (Å²) in [5.74, 6) is -1.19. The number of hydrogen-bond donors (Lipinski definition) is 1. The van der Waals surface area contributed by atoms with Crippen LogP contribution in [0, 0.1) is 0 Å². The number of rotatable bonds is 3. The van der Waals surface area contributed by atoms with Crippen LogP contribution in [0.5, 0.6) is 0 Å². The van der Waals surface area contributed by atoms with Crippen LogP contribution < -0.4 is 10.6 Å². The van der Waals surface area contributed by atoms with Gasteiger partial charge in [0.25, 0.3) is 5.91 Å². The second kappa shape index (κ2) is 5.19. The number of benzene rings is 1. The number of imide groups is 1. The Kier molecular flexibility index (Phi) is 3.62. The summed E-state index contributed by atoms with van der Waals surface area (Å²) in [6.45, 7) is 2.01. The van der Waals surface area contributed by atoms with E-state index in [0.717, 1.165) is 4.90 Å². The van der Waals surface area contributed by atoms with Crippen LogP contribution in [0.2, 0.25) is 0 Å². The number of nitrogens with zero attached hydrogens (tertiary/aromatic N) is 1. The predicted molar refractivity (Wildman–Crippen MR) is 67.5 cm³/mol. The summed E-state index contributed by atoms with van der Waals surface area (Å²) in [6, 6.07) is 5.30. The fraction of sp³-hybridized carbons (Fsp3) is 0.308. The zero-order valence-corrected chi connectivity index (χ0v) is 10.5. The number of amides is 2. The van der Waals surface area contributed by atoms with Crippen molar-refractivity contribution in [2.24, 2.45) is 5.73 Å². The van der Waals surface area contributed by atoms with Gasteiger partial charge in [0.15, 0.2) is 0 Å². The van der Waals surface area contributed by atoms with Crippen LogP contribution >= 0.6 is 0 Å². The first-order valence-electron chi connectivity index (χ1n) is 5.94. The van der Waals surface area contributed by atoms with Crippen molar-refractivity contribution in [3.63, 3.8) is 0 Å². The van der Waals surface area contributed by atoms with Crippen molar-refractivity contribution in [2.75, 3.05) is 11.5 Å². The number of hydrogen-bond acceptors (Lipinski definition) is 5. The van der Waals surface area contributed by atoms with Crippen molar-refractivity contribution in [1.29, 1.82) is 0 Å². The first-order valence-corrected chi connectivity index (χ1v) is 5.94. The summed E-state index contributed by atoms with van der Waals surface area (Å²) in [5, 5.41) is 0. The summed E-state index contributed by atoms with van der Waals surface area (Å²) < 4.78 is 4.85. The first kappa shape index (κ1) is 13.2. The van der Waals surface area contributed by atoms with Crippen LogP contribution in [-0.2, 0) is 14.3 Å². The molecule has 0 unspecified atom stereocenters. The summed E-state index contributed by atoms with van der Waals surface area (Å²) in [7, 11) is 0. The number of carbonyl (C=O) groups is 3. The lowest BCUT2D eigenvalue weighted by molar-refractivity contribution is -0.121. The molecule has 1 heterocycles. The molecule has 0 bridgehead atoms. The highest BCUT2D eigenvalue weighted by Crippen LogP contribution is 2.22. The lowest BCUT2D eigenvalue weighted by atomic mass is 10.2. The first-order chi connectivity index (χ1) is 9.04. The molecule has 2 amide bonds. The van der Waals surface area contributed by atoms with E-state index in [9.17, 15) is 14.4 Å². The van der Waals surface area contributed by atoms with Crippen LogP contribution in [0.1, 0.15) is 23.7 Å². The van der Waals surface area contributed by atoms with E-state index >= 15 is 0 Å². The molecule has 19 heavy (non-hydrogen) atoms. The maximum absolute atomic E-state index is 11.7. The Labute approximate surface area is 110 Å². The van der Waals surface area contributed by atoms with Crippen molar-refractivity contribution in [1.82, 2.24) is 0 Å². The van der Waals surface area contributed by atoms with Gasteiger partial charge in [0.2, 0.25) is 5.91 Å². The second-order valence-corrected chi connectivity index (χ2v) is 4.15. The van der Waals surface area contributed by atoms with E-state index in [1.807, 2.05) is 0 Å². The minimum absolute atomic E-state index is 0.0124. The lowest BCUT2D eigenvalue weighted by Crippen LogP contribution is -2.35. The van der Waals surface area contributed by atoms with Crippen molar-refractivity contribution in [3.05, 3.63) is 29.8 Å². The lowest BCUT2D eigenvalue weighted by Gasteiger charge is -2.14. The van der Waals surface area contributed by atoms with Crippen molar-refractivity contribution < 1.29 is 19.1 Å². The number of anilines is 1. The molecular formula is C13H14N2O4. The molecule has 0 aromatic heterocycles. The third-order valence-corrected chi connectivity index (χ3v) is 2.82. The van der Waals surface area contributed by atoms with E-state index in [0.29, 0.717) is 17.9 Å². The van der Waals surface area contributed by atoms with Gasteiger partial charge in [-0.15, -0.1) is 0 Å². The molecule has 6 heteroatoms. The average Bonchev–Trinajstić information content (AvgIpc) is 2.64. The Bertz CT molecular complexity index is 524. The van der Waals surface area contributed by atoms with Gasteiger partial charge in [-0.2, -0.15) is 0 Å². The molecule has 1 aliphatic rings. The van der Waals surface area contributed by atoms with Gasteiger partial charge in [-0.25, -0.2) is 9.69 Å². The van der Waals surface area contributed by atoms with E-state index < -0.39 is 17.9 Å². The molecule has 0 radical (unpaired) electrons. The molecule has 2 N–H and O–H groups in total. The molecule has 2 rings (SSSR count). The molecule has 1 aliphatic heterocycles. The standard InChI is InChI=1S/C13H14N2O4/c1-2-19-13(18)8-3-5-9(6-4-8)15-11(16)7-10(14)12(15)17/h3-6,10H,2,7,14H2,1H3/t10-/m0/s1. The predicted octanol–water partition coefficient (Wildman–Crippen LogP) is 0.454. The third-order valence-electron chi connectivity index (χ3n) is 2.82. The zero-order valence-electron chi connectivity index (χ0n) is 10.5. The fourth-order valence-electron chi connectivity index (χ4n) is 1.89. The van der Waals surface area contributed by atoms with Crippen LogP contribution in [-0.4, -0.2) is 30.4 Å². The topological polar surface area (TPSA) is 89.7 Å². The molecule has 1 aromatic carbocycles. The SMILES string of the molecule is CCOC(=O)c1ccc(N2C(=O)C[C@H](N)C2=O)cc1. The van der Waals surface area contributed by atoms with Crippen LogP contribution in [0.3, 0.4) is 0 Å². The average molecular weight is 262 g/mol. The molecule has 1 atom stereocenters. The smallest absolute Gasteiger partial charge is 0.338 e. The van der Waals surface area contributed by atoms with Gasteiger partial charge in [-0.3, -0.25) is 9.59 Å². The van der Waals surface area contributed by atoms with Gasteiger partial charge in [0.1, 0.15) is 0 Å². The Morgan fingerprint density at radius 3 is 2.47 bits per heavy atom. The molecule has 1 fully saturated rings. The maximum atomic E-state index is 11.7. The normalized spacial score (nSPS) is 18.8.